The predicted molar refractivity (Wildman–Crippen MR) is 111 cm³/mol. The number of nitrogens with zero attached hydrogens (tertiary/aromatic N) is 1. The number of hydrogen-bond acceptors (Lipinski definition) is 7. The van der Waals surface area contributed by atoms with Crippen molar-refractivity contribution in [3.63, 3.8) is 0 Å². The average molecular weight is 453 g/mol. The lowest BCUT2D eigenvalue weighted by atomic mass is 10.2. The Balaban J connectivity index is 1.93. The van der Waals surface area contributed by atoms with Crippen molar-refractivity contribution >= 4 is 31.2 Å². The van der Waals surface area contributed by atoms with Gasteiger partial charge < -0.3 is 4.74 Å². The lowest BCUT2D eigenvalue weighted by Gasteiger charge is -2.18. The fraction of sp³-hybridized carbons (Fsp3) is 0.211. The molecule has 10 heteroatoms. The van der Waals surface area contributed by atoms with Crippen LogP contribution in [0.5, 0.6) is 5.75 Å². The van der Waals surface area contributed by atoms with Crippen LogP contribution in [-0.2, 0) is 19.9 Å². The van der Waals surface area contributed by atoms with Crippen molar-refractivity contribution in [1.82, 2.24) is 9.71 Å². The first-order chi connectivity index (χ1) is 13.8. The third kappa shape index (κ3) is 4.67. The molecule has 7 nitrogen and oxygen atoms in total. The van der Waals surface area contributed by atoms with Gasteiger partial charge in [0, 0.05) is 18.9 Å². The van der Waals surface area contributed by atoms with Gasteiger partial charge in [-0.25, -0.2) is 21.6 Å². The molecule has 0 aliphatic heterocycles. The summed E-state index contributed by atoms with van der Waals surface area (Å²) >= 11 is 1.09. The molecule has 2 heterocycles. The number of hydrogen-bond donors (Lipinski definition) is 1. The Labute approximate surface area is 174 Å². The third-order valence-electron chi connectivity index (χ3n) is 4.34. The molecule has 0 radical (unpaired) electrons. The van der Waals surface area contributed by atoms with Gasteiger partial charge >= 0.3 is 0 Å². The van der Waals surface area contributed by atoms with E-state index in [1.54, 1.807) is 42.6 Å². The highest BCUT2D eigenvalue weighted by molar-refractivity contribution is 7.93. The maximum absolute atomic E-state index is 13.1. The Morgan fingerprint density at radius 1 is 1.14 bits per heavy atom. The number of benzene rings is 1. The molecule has 154 valence electrons. The highest BCUT2D eigenvalue weighted by atomic mass is 32.2. The van der Waals surface area contributed by atoms with Crippen molar-refractivity contribution in [3.8, 4) is 5.75 Å². The van der Waals surface area contributed by atoms with E-state index in [0.29, 0.717) is 16.9 Å². The minimum absolute atomic E-state index is 0.0664. The molecule has 1 N–H and O–H groups in total. The van der Waals surface area contributed by atoms with E-state index >= 15 is 0 Å². The summed E-state index contributed by atoms with van der Waals surface area (Å²) < 4.78 is 59.7. The zero-order valence-electron chi connectivity index (χ0n) is 15.8. The second-order valence-corrected chi connectivity index (χ2v) is 11.3. The monoisotopic (exact) mass is 452 g/mol. The van der Waals surface area contributed by atoms with Crippen LogP contribution in [0.15, 0.2) is 69.3 Å². The van der Waals surface area contributed by atoms with Crippen LogP contribution in [0.25, 0.3) is 0 Å². The molecule has 0 aliphatic rings. The van der Waals surface area contributed by atoms with E-state index in [4.69, 9.17) is 4.74 Å². The average Bonchev–Trinajstić information content (AvgIpc) is 3.24. The Hall–Kier alpha value is -2.27. The van der Waals surface area contributed by atoms with Gasteiger partial charge in [-0.3, -0.25) is 4.98 Å². The number of thiophene rings is 1. The van der Waals surface area contributed by atoms with Gasteiger partial charge in [0.2, 0.25) is 10.0 Å². The second kappa shape index (κ2) is 8.62. The molecule has 1 aromatic carbocycles. The summed E-state index contributed by atoms with van der Waals surface area (Å²) in [5.74, 6) is 0.537. The summed E-state index contributed by atoms with van der Waals surface area (Å²) in [6.45, 7) is 1.33. The molecule has 0 fully saturated rings. The number of aromatic nitrogens is 1. The number of sulfone groups is 1. The Morgan fingerprint density at radius 2 is 1.93 bits per heavy atom. The lowest BCUT2D eigenvalue weighted by molar-refractivity contribution is 0.414. The summed E-state index contributed by atoms with van der Waals surface area (Å²) in [6.07, 6.45) is 2.96. The van der Waals surface area contributed by atoms with Crippen LogP contribution in [0, 0.1) is 6.92 Å². The highest BCUT2D eigenvalue weighted by Crippen LogP contribution is 2.31. The molecule has 29 heavy (non-hydrogen) atoms. The first-order valence-electron chi connectivity index (χ1n) is 8.57. The van der Waals surface area contributed by atoms with Crippen molar-refractivity contribution in [3.05, 3.63) is 71.4 Å². The first-order valence-corrected chi connectivity index (χ1v) is 12.5. The molecule has 0 saturated heterocycles. The molecule has 0 amide bonds. The normalized spacial score (nSPS) is 13.2. The van der Waals surface area contributed by atoms with Crippen LogP contribution < -0.4 is 9.46 Å². The van der Waals surface area contributed by atoms with Crippen molar-refractivity contribution in [1.29, 1.82) is 0 Å². The minimum Gasteiger partial charge on any atom is -0.497 e. The fourth-order valence-corrected chi connectivity index (χ4v) is 7.08. The SMILES string of the molecule is COc1ccc(S(=O)(=O)NC[C@H](c2cccnc2)S(=O)(=O)c2cccs2)c(C)c1. The lowest BCUT2D eigenvalue weighted by Crippen LogP contribution is -2.32. The summed E-state index contributed by atoms with van der Waals surface area (Å²) in [6, 6.07) is 11.0. The summed E-state index contributed by atoms with van der Waals surface area (Å²) in [5.41, 5.74) is 0.908. The van der Waals surface area contributed by atoms with Crippen LogP contribution in [0.2, 0.25) is 0 Å². The number of pyridine rings is 1. The molecule has 3 rings (SSSR count). The largest absolute Gasteiger partial charge is 0.497 e. The molecular weight excluding hydrogens is 432 g/mol. The standard InChI is InChI=1S/C19H20N2O5S3/c1-14-11-16(26-2)7-8-17(14)29(24,25)21-13-18(15-5-3-9-20-12-15)28(22,23)19-6-4-10-27-19/h3-12,18,21H,13H2,1-2H3/t18-/m1/s1. The fourth-order valence-electron chi connectivity index (χ4n) is 2.85. The van der Waals surface area contributed by atoms with E-state index in [0.717, 1.165) is 11.3 Å². The minimum atomic E-state index is -3.94. The number of nitrogens with one attached hydrogen (secondary N) is 1. The van der Waals surface area contributed by atoms with E-state index in [1.165, 1.54) is 31.6 Å². The van der Waals surface area contributed by atoms with Gasteiger partial charge in [0.05, 0.1) is 12.0 Å². The van der Waals surface area contributed by atoms with Gasteiger partial charge in [0.25, 0.3) is 0 Å². The Bertz CT molecular complexity index is 1180. The van der Waals surface area contributed by atoms with Crippen molar-refractivity contribution in [2.45, 2.75) is 21.3 Å². The Morgan fingerprint density at radius 3 is 2.52 bits per heavy atom. The summed E-state index contributed by atoms with van der Waals surface area (Å²) in [7, 11) is -6.24. The maximum Gasteiger partial charge on any atom is 0.240 e. The van der Waals surface area contributed by atoms with Gasteiger partial charge in [-0.1, -0.05) is 12.1 Å². The number of methoxy groups -OCH3 is 1. The highest BCUT2D eigenvalue weighted by Gasteiger charge is 2.32. The van der Waals surface area contributed by atoms with E-state index in [9.17, 15) is 16.8 Å². The van der Waals surface area contributed by atoms with Crippen molar-refractivity contribution < 1.29 is 21.6 Å². The number of sulfonamides is 1. The smallest absolute Gasteiger partial charge is 0.240 e. The number of aryl methyl sites for hydroxylation is 1. The van der Waals surface area contributed by atoms with Crippen LogP contribution in [0.3, 0.4) is 0 Å². The van der Waals surface area contributed by atoms with Gasteiger partial charge in [-0.2, -0.15) is 0 Å². The van der Waals surface area contributed by atoms with Gasteiger partial charge in [0.15, 0.2) is 9.84 Å². The van der Waals surface area contributed by atoms with Crippen molar-refractivity contribution in [2.24, 2.45) is 0 Å². The zero-order valence-corrected chi connectivity index (χ0v) is 18.2. The molecule has 0 spiro atoms. The predicted octanol–water partition coefficient (Wildman–Crippen LogP) is 2.95. The molecule has 0 saturated carbocycles. The van der Waals surface area contributed by atoms with Crippen molar-refractivity contribution in [2.75, 3.05) is 13.7 Å². The first kappa shape index (κ1) is 21.4. The van der Waals surface area contributed by atoms with Crippen LogP contribution >= 0.6 is 11.3 Å². The third-order valence-corrected chi connectivity index (χ3v) is 9.45. The second-order valence-electron chi connectivity index (χ2n) is 6.24. The van der Waals surface area contributed by atoms with E-state index < -0.39 is 25.1 Å². The van der Waals surface area contributed by atoms with E-state index in [1.807, 2.05) is 0 Å². The topological polar surface area (TPSA) is 102 Å². The molecule has 2 aromatic heterocycles. The maximum atomic E-state index is 13.1. The molecule has 0 aliphatic carbocycles. The molecule has 0 unspecified atom stereocenters. The van der Waals surface area contributed by atoms with E-state index in [2.05, 4.69) is 9.71 Å². The quantitative estimate of drug-likeness (QED) is 0.564. The Kier molecular flexibility index (Phi) is 6.37. The number of ether oxygens (including phenoxy) is 1. The zero-order chi connectivity index (χ0) is 21.1. The van der Waals surface area contributed by atoms with Crippen LogP contribution in [-0.4, -0.2) is 35.5 Å². The van der Waals surface area contributed by atoms with Gasteiger partial charge in [-0.05, 0) is 53.8 Å². The summed E-state index contributed by atoms with van der Waals surface area (Å²) in [5, 5.41) is 0.557. The van der Waals surface area contributed by atoms with E-state index in [-0.39, 0.29) is 15.6 Å². The van der Waals surface area contributed by atoms with Gasteiger partial charge in [0.1, 0.15) is 15.2 Å². The van der Waals surface area contributed by atoms with Crippen LogP contribution in [0.1, 0.15) is 16.4 Å². The molecule has 1 atom stereocenters. The molecule has 3 aromatic rings. The van der Waals surface area contributed by atoms with Crippen LogP contribution in [0.4, 0.5) is 0 Å². The summed E-state index contributed by atoms with van der Waals surface area (Å²) in [4.78, 5) is 4.05. The van der Waals surface area contributed by atoms with Gasteiger partial charge in [-0.15, -0.1) is 11.3 Å². The number of rotatable bonds is 8. The molecule has 0 bridgehead atoms. The molecular formula is C19H20N2O5S3.